The Morgan fingerprint density at radius 2 is 1.68 bits per heavy atom. The van der Waals surface area contributed by atoms with E-state index in [1.54, 1.807) is 0 Å². The molecule has 3 unspecified atom stereocenters. The molecular weight excluding hydrogens is 331 g/mol. The van der Waals surface area contributed by atoms with Crippen LogP contribution in [-0.4, -0.2) is 18.2 Å². The normalized spacial score (nSPS) is 33.2. The minimum Gasteiger partial charge on any atom is -0.457 e. The third-order valence-corrected chi connectivity index (χ3v) is 4.88. The molecule has 0 N–H and O–H groups in total. The molecule has 0 aliphatic heterocycles. The van der Waals surface area contributed by atoms with Crippen LogP contribution in [0.4, 0.5) is 13.2 Å². The van der Waals surface area contributed by atoms with Crippen LogP contribution >= 0.6 is 0 Å². The first-order valence-electron chi connectivity index (χ1n) is 9.22. The monoisotopic (exact) mass is 359 g/mol. The Kier molecular flexibility index (Phi) is 9.02. The van der Waals surface area contributed by atoms with Crippen LogP contribution in [0.15, 0.2) is 11.7 Å². The summed E-state index contributed by atoms with van der Waals surface area (Å²) < 4.78 is 46.9. The zero-order chi connectivity index (χ0) is 19.0. The van der Waals surface area contributed by atoms with E-state index in [4.69, 9.17) is 10.00 Å². The molecule has 142 valence electrons. The van der Waals surface area contributed by atoms with Gasteiger partial charge in [-0.2, -0.15) is 9.65 Å². The summed E-state index contributed by atoms with van der Waals surface area (Å²) >= 11 is 0. The van der Waals surface area contributed by atoms with Gasteiger partial charge in [-0.25, -0.2) is 13.6 Å². The van der Waals surface area contributed by atoms with Crippen molar-refractivity contribution in [3.05, 3.63) is 11.7 Å². The highest BCUT2D eigenvalue weighted by Gasteiger charge is 2.36. The van der Waals surface area contributed by atoms with Crippen molar-refractivity contribution in [3.8, 4) is 6.07 Å². The molecule has 2 aliphatic carbocycles. The smallest absolute Gasteiger partial charge is 0.370 e. The molecular formula is C19H28F3NO2. The summed E-state index contributed by atoms with van der Waals surface area (Å²) in [5.74, 6) is -5.39. The second-order valence-corrected chi connectivity index (χ2v) is 6.71. The maximum atomic E-state index is 14.1. The Bertz CT molecular complexity index is 507. The molecule has 0 bridgehead atoms. The average Bonchev–Trinajstić information content (AvgIpc) is 2.63. The lowest BCUT2D eigenvalue weighted by molar-refractivity contribution is -0.148. The van der Waals surface area contributed by atoms with Gasteiger partial charge in [0.05, 0.1) is 6.07 Å². The van der Waals surface area contributed by atoms with E-state index >= 15 is 0 Å². The number of halogens is 3. The predicted octanol–water partition coefficient (Wildman–Crippen LogP) is 5.56. The highest BCUT2D eigenvalue weighted by atomic mass is 19.2. The topological polar surface area (TPSA) is 50.1 Å². The van der Waals surface area contributed by atoms with Gasteiger partial charge in [-0.05, 0) is 50.9 Å². The van der Waals surface area contributed by atoms with Crippen molar-refractivity contribution >= 4 is 5.97 Å². The van der Waals surface area contributed by atoms with Crippen LogP contribution < -0.4 is 0 Å². The molecule has 0 spiro atoms. The van der Waals surface area contributed by atoms with E-state index in [0.29, 0.717) is 32.1 Å². The van der Waals surface area contributed by atoms with Crippen molar-refractivity contribution < 1.29 is 22.7 Å². The van der Waals surface area contributed by atoms with E-state index in [1.165, 1.54) is 0 Å². The summed E-state index contributed by atoms with van der Waals surface area (Å²) in [6, 6.07) is 2.14. The van der Waals surface area contributed by atoms with Gasteiger partial charge in [-0.15, -0.1) is 0 Å². The van der Waals surface area contributed by atoms with Gasteiger partial charge in [0.1, 0.15) is 18.1 Å². The quantitative estimate of drug-likeness (QED) is 0.489. The lowest BCUT2D eigenvalue weighted by Gasteiger charge is -2.29. The maximum Gasteiger partial charge on any atom is 0.370 e. The largest absolute Gasteiger partial charge is 0.457 e. The van der Waals surface area contributed by atoms with Crippen LogP contribution in [0.2, 0.25) is 0 Å². The lowest BCUT2D eigenvalue weighted by atomic mass is 9.80. The minimum atomic E-state index is -1.60. The highest BCUT2D eigenvalue weighted by molar-refractivity contribution is 5.86. The molecule has 0 aromatic rings. The first kappa shape index (κ1) is 21.5. The van der Waals surface area contributed by atoms with Crippen molar-refractivity contribution in [2.24, 2.45) is 17.8 Å². The van der Waals surface area contributed by atoms with Gasteiger partial charge in [0, 0.05) is 11.8 Å². The Morgan fingerprint density at radius 1 is 1.08 bits per heavy atom. The molecule has 2 aliphatic rings. The Balaban J connectivity index is 0.00000151. The molecule has 6 heteroatoms. The molecule has 2 saturated carbocycles. The first-order chi connectivity index (χ1) is 11.9. The number of rotatable bonds is 3. The average molecular weight is 359 g/mol. The number of allylic oxidation sites excluding steroid dienone is 1. The van der Waals surface area contributed by atoms with Crippen LogP contribution in [0.3, 0.4) is 0 Å². The standard InChI is InChI=1S/C17H22F3NO2.C2H6/c1-10-2-7-13(14(18)8-10)15(19)16(20)17(22)23-12-5-3-11(9-21)4-6-12;1-2/h10-14H,2-8H2,1H3;1-2H3. The first-order valence-corrected chi connectivity index (χ1v) is 9.22. The predicted molar refractivity (Wildman–Crippen MR) is 89.4 cm³/mol. The number of carbonyl (C=O) groups is 1. The number of hydrogen-bond donors (Lipinski definition) is 0. The fourth-order valence-electron chi connectivity index (χ4n) is 3.37. The number of nitriles is 1. The molecule has 2 rings (SSSR count). The molecule has 0 radical (unpaired) electrons. The van der Waals surface area contributed by atoms with Crippen molar-refractivity contribution in [1.82, 2.24) is 0 Å². The molecule has 0 aromatic heterocycles. The van der Waals surface area contributed by atoms with Crippen LogP contribution in [0.5, 0.6) is 0 Å². The summed E-state index contributed by atoms with van der Waals surface area (Å²) in [7, 11) is 0. The van der Waals surface area contributed by atoms with E-state index in [9.17, 15) is 18.0 Å². The number of nitrogens with zero attached hydrogens (tertiary/aromatic N) is 1. The van der Waals surface area contributed by atoms with E-state index in [2.05, 4.69) is 6.07 Å². The molecule has 0 amide bonds. The summed E-state index contributed by atoms with van der Waals surface area (Å²) in [5, 5.41) is 8.80. The maximum absolute atomic E-state index is 14.1. The van der Waals surface area contributed by atoms with Crippen molar-refractivity contribution in [3.63, 3.8) is 0 Å². The van der Waals surface area contributed by atoms with Crippen LogP contribution in [-0.2, 0) is 9.53 Å². The second-order valence-electron chi connectivity index (χ2n) is 6.71. The summed E-state index contributed by atoms with van der Waals surface area (Å²) in [6.45, 7) is 5.87. The summed E-state index contributed by atoms with van der Waals surface area (Å²) in [5.41, 5.74) is 0. The lowest BCUT2D eigenvalue weighted by Crippen LogP contribution is -2.28. The fourth-order valence-corrected chi connectivity index (χ4v) is 3.37. The van der Waals surface area contributed by atoms with E-state index in [-0.39, 0.29) is 24.7 Å². The number of ether oxygens (including phenoxy) is 1. The van der Waals surface area contributed by atoms with Crippen molar-refractivity contribution in [1.29, 1.82) is 5.26 Å². The van der Waals surface area contributed by atoms with Crippen LogP contribution in [0.1, 0.15) is 65.7 Å². The van der Waals surface area contributed by atoms with Gasteiger partial charge in [-0.3, -0.25) is 0 Å². The van der Waals surface area contributed by atoms with Crippen LogP contribution in [0.25, 0.3) is 0 Å². The van der Waals surface area contributed by atoms with Gasteiger partial charge in [0.25, 0.3) is 0 Å². The number of esters is 1. The van der Waals surface area contributed by atoms with Gasteiger partial charge in [-0.1, -0.05) is 20.8 Å². The Morgan fingerprint density at radius 3 is 2.20 bits per heavy atom. The number of alkyl halides is 1. The van der Waals surface area contributed by atoms with Crippen molar-refractivity contribution in [2.45, 2.75) is 78.0 Å². The molecule has 0 heterocycles. The van der Waals surface area contributed by atoms with E-state index in [0.717, 1.165) is 0 Å². The molecule has 3 atom stereocenters. The Hall–Kier alpha value is -1.51. The third kappa shape index (κ3) is 6.05. The summed E-state index contributed by atoms with van der Waals surface area (Å²) in [6.07, 6.45) is 1.10. The molecule has 0 saturated heterocycles. The van der Waals surface area contributed by atoms with E-state index < -0.39 is 35.8 Å². The molecule has 0 aromatic carbocycles. The molecule has 25 heavy (non-hydrogen) atoms. The SMILES string of the molecule is CC.CC1CCC(C(F)=C(F)C(=O)OC2CCC(C#N)CC2)C(F)C1. The molecule has 2 fully saturated rings. The number of hydrogen-bond acceptors (Lipinski definition) is 3. The van der Waals surface area contributed by atoms with Gasteiger partial charge in [0.2, 0.25) is 5.83 Å². The van der Waals surface area contributed by atoms with Crippen LogP contribution in [0, 0.1) is 29.1 Å². The molecule has 3 nitrogen and oxygen atoms in total. The van der Waals surface area contributed by atoms with Gasteiger partial charge in [0.15, 0.2) is 0 Å². The zero-order valence-corrected chi connectivity index (χ0v) is 15.2. The van der Waals surface area contributed by atoms with Crippen molar-refractivity contribution in [2.75, 3.05) is 0 Å². The Labute approximate surface area is 148 Å². The summed E-state index contributed by atoms with van der Waals surface area (Å²) in [4.78, 5) is 11.7. The highest BCUT2D eigenvalue weighted by Crippen LogP contribution is 2.37. The third-order valence-electron chi connectivity index (χ3n) is 4.88. The number of carbonyl (C=O) groups excluding carboxylic acids is 1. The fraction of sp³-hybridized carbons (Fsp3) is 0.789. The minimum absolute atomic E-state index is 0.0707. The van der Waals surface area contributed by atoms with E-state index in [1.807, 2.05) is 20.8 Å². The van der Waals surface area contributed by atoms with Gasteiger partial charge < -0.3 is 4.74 Å². The second kappa shape index (κ2) is 10.5. The zero-order valence-electron chi connectivity index (χ0n) is 15.2. The van der Waals surface area contributed by atoms with Gasteiger partial charge >= 0.3 is 5.97 Å².